The third-order valence-electron chi connectivity index (χ3n) is 2.74. The lowest BCUT2D eigenvalue weighted by molar-refractivity contribution is 0.502. The Labute approximate surface area is 123 Å². The van der Waals surface area contributed by atoms with Crippen LogP contribution in [0.1, 0.15) is 24.7 Å². The van der Waals surface area contributed by atoms with Gasteiger partial charge in [-0.1, -0.05) is 37.3 Å². The highest BCUT2D eigenvalue weighted by Gasteiger charge is 2.01. The average molecular weight is 287 g/mol. The number of hydrogen-bond acceptors (Lipinski definition) is 3. The van der Waals surface area contributed by atoms with E-state index in [1.807, 2.05) is 42.5 Å². The van der Waals surface area contributed by atoms with Crippen LogP contribution in [0.25, 0.3) is 0 Å². The van der Waals surface area contributed by atoms with Gasteiger partial charge in [0, 0.05) is 0 Å². The summed E-state index contributed by atoms with van der Waals surface area (Å²) >= 11 is 5.17. The first-order valence-corrected chi connectivity index (χ1v) is 6.88. The van der Waals surface area contributed by atoms with Gasteiger partial charge in [-0.15, -0.1) is 0 Å². The molecule has 0 saturated carbocycles. The van der Waals surface area contributed by atoms with Gasteiger partial charge in [0.2, 0.25) is 0 Å². The van der Waals surface area contributed by atoms with Crippen molar-refractivity contribution in [3.8, 4) is 0 Å². The molecule has 4 nitrogen and oxygen atoms in total. The molecule has 0 bridgehead atoms. The number of thiocarbonyl (C=S) groups is 1. The van der Waals surface area contributed by atoms with Gasteiger partial charge in [-0.25, -0.2) is 0 Å². The Morgan fingerprint density at radius 3 is 2.65 bits per heavy atom. The van der Waals surface area contributed by atoms with Crippen LogP contribution in [0, 0.1) is 0 Å². The summed E-state index contributed by atoms with van der Waals surface area (Å²) in [5, 5.41) is 7.86. The summed E-state index contributed by atoms with van der Waals surface area (Å²) in [7, 11) is 0. The summed E-state index contributed by atoms with van der Waals surface area (Å²) in [6.45, 7) is 2.61. The van der Waals surface area contributed by atoms with Gasteiger partial charge in [0.25, 0.3) is 0 Å². The largest absolute Gasteiger partial charge is 0.467 e. The van der Waals surface area contributed by atoms with Crippen LogP contribution in [-0.4, -0.2) is 10.8 Å². The van der Waals surface area contributed by atoms with Crippen molar-refractivity contribution in [2.75, 3.05) is 0 Å². The number of nitrogens with zero attached hydrogens (tertiary/aromatic N) is 1. The molecule has 1 heterocycles. The quantitative estimate of drug-likeness (QED) is 0.504. The Kier molecular flexibility index (Phi) is 5.32. The maximum absolute atomic E-state index is 5.21. The van der Waals surface area contributed by atoms with Crippen LogP contribution >= 0.6 is 12.2 Å². The molecule has 0 atom stereocenters. The molecular formula is C15H17N3OS. The van der Waals surface area contributed by atoms with Crippen LogP contribution < -0.4 is 10.7 Å². The van der Waals surface area contributed by atoms with E-state index in [0.717, 1.165) is 23.5 Å². The molecule has 2 rings (SSSR count). The second-order valence-corrected chi connectivity index (χ2v) is 4.56. The molecule has 0 saturated heterocycles. The summed E-state index contributed by atoms with van der Waals surface area (Å²) < 4.78 is 5.21. The summed E-state index contributed by atoms with van der Waals surface area (Å²) in [5.74, 6) is 0.830. The van der Waals surface area contributed by atoms with Gasteiger partial charge in [-0.3, -0.25) is 5.43 Å². The van der Waals surface area contributed by atoms with Crippen LogP contribution in [0.15, 0.2) is 58.2 Å². The van der Waals surface area contributed by atoms with Gasteiger partial charge in [-0.05, 0) is 36.3 Å². The molecular weight excluding hydrogens is 270 g/mol. The molecule has 0 aliphatic heterocycles. The molecule has 0 unspecified atom stereocenters. The number of nitrogens with one attached hydrogen (secondary N) is 2. The lowest BCUT2D eigenvalue weighted by atomic mass is 10.1. The Hall–Kier alpha value is -2.14. The van der Waals surface area contributed by atoms with Gasteiger partial charge in [0.15, 0.2) is 5.11 Å². The zero-order chi connectivity index (χ0) is 14.2. The molecule has 104 valence electrons. The molecule has 2 N–H and O–H groups in total. The van der Waals surface area contributed by atoms with E-state index in [2.05, 4.69) is 22.8 Å². The smallest absolute Gasteiger partial charge is 0.187 e. The minimum absolute atomic E-state index is 0.475. The third-order valence-corrected chi connectivity index (χ3v) is 2.97. The summed E-state index contributed by atoms with van der Waals surface area (Å²) in [6, 6.07) is 13.8. The number of rotatable bonds is 5. The summed E-state index contributed by atoms with van der Waals surface area (Å²) in [5.41, 5.74) is 4.92. The van der Waals surface area contributed by atoms with Gasteiger partial charge in [0.05, 0.1) is 18.5 Å². The van der Waals surface area contributed by atoms with Crippen LogP contribution in [0.2, 0.25) is 0 Å². The molecule has 20 heavy (non-hydrogen) atoms. The van der Waals surface area contributed by atoms with Crippen LogP contribution in [0.3, 0.4) is 0 Å². The van der Waals surface area contributed by atoms with E-state index >= 15 is 0 Å². The molecule has 0 aliphatic carbocycles. The van der Waals surface area contributed by atoms with Crippen LogP contribution in [-0.2, 0) is 6.54 Å². The van der Waals surface area contributed by atoms with Crippen LogP contribution in [0.5, 0.6) is 0 Å². The van der Waals surface area contributed by atoms with Gasteiger partial charge < -0.3 is 9.73 Å². The fourth-order valence-electron chi connectivity index (χ4n) is 1.72. The molecule has 0 spiro atoms. The minimum Gasteiger partial charge on any atom is -0.467 e. The van der Waals surface area contributed by atoms with E-state index in [-0.39, 0.29) is 0 Å². The van der Waals surface area contributed by atoms with E-state index in [0.29, 0.717) is 11.7 Å². The zero-order valence-electron chi connectivity index (χ0n) is 11.3. The first kappa shape index (κ1) is 14.3. The monoisotopic (exact) mass is 287 g/mol. The maximum Gasteiger partial charge on any atom is 0.187 e. The molecule has 1 aromatic carbocycles. The summed E-state index contributed by atoms with van der Waals surface area (Å²) in [4.78, 5) is 0. The van der Waals surface area contributed by atoms with Crippen molar-refractivity contribution in [1.29, 1.82) is 0 Å². The average Bonchev–Trinajstić information content (AvgIpc) is 3.00. The normalized spacial score (nSPS) is 11.2. The van der Waals surface area contributed by atoms with E-state index < -0.39 is 0 Å². The SMILES string of the molecule is CC/C(=N/NC(=S)NCc1ccco1)c1ccccc1. The zero-order valence-corrected chi connectivity index (χ0v) is 12.1. The Morgan fingerprint density at radius 2 is 2.00 bits per heavy atom. The standard InChI is InChI=1S/C15H17N3OS/c1-2-14(12-7-4-3-5-8-12)17-18-15(20)16-11-13-9-6-10-19-13/h3-10H,2,11H2,1H3,(H2,16,18,20)/b17-14-. The summed E-state index contributed by atoms with van der Waals surface area (Å²) in [6.07, 6.45) is 2.47. The Bertz CT molecular complexity index is 564. The van der Waals surface area contributed by atoms with E-state index in [4.69, 9.17) is 16.6 Å². The van der Waals surface area contributed by atoms with Crippen molar-refractivity contribution in [2.24, 2.45) is 5.10 Å². The lowest BCUT2D eigenvalue weighted by Gasteiger charge is -2.08. The van der Waals surface area contributed by atoms with E-state index in [9.17, 15) is 0 Å². The van der Waals surface area contributed by atoms with E-state index in [1.165, 1.54) is 0 Å². The predicted molar refractivity (Wildman–Crippen MR) is 84.6 cm³/mol. The molecule has 5 heteroatoms. The van der Waals surface area contributed by atoms with Crippen molar-refractivity contribution in [1.82, 2.24) is 10.7 Å². The highest BCUT2D eigenvalue weighted by atomic mass is 32.1. The van der Waals surface area contributed by atoms with Crippen molar-refractivity contribution in [2.45, 2.75) is 19.9 Å². The second kappa shape index (κ2) is 7.45. The molecule has 1 aromatic heterocycles. The Balaban J connectivity index is 1.88. The second-order valence-electron chi connectivity index (χ2n) is 4.15. The van der Waals surface area contributed by atoms with Crippen molar-refractivity contribution >= 4 is 23.0 Å². The maximum atomic E-state index is 5.21. The predicted octanol–water partition coefficient (Wildman–Crippen LogP) is 3.06. The first-order valence-electron chi connectivity index (χ1n) is 6.47. The lowest BCUT2D eigenvalue weighted by Crippen LogP contribution is -2.32. The van der Waals surface area contributed by atoms with Gasteiger partial charge in [-0.2, -0.15) is 5.10 Å². The molecule has 0 radical (unpaired) electrons. The highest BCUT2D eigenvalue weighted by Crippen LogP contribution is 2.03. The number of furan rings is 1. The molecule has 0 aliphatic rings. The van der Waals surface area contributed by atoms with Gasteiger partial charge >= 0.3 is 0 Å². The number of benzene rings is 1. The topological polar surface area (TPSA) is 49.6 Å². The minimum atomic E-state index is 0.475. The number of hydrazone groups is 1. The highest BCUT2D eigenvalue weighted by molar-refractivity contribution is 7.80. The van der Waals surface area contributed by atoms with Crippen molar-refractivity contribution in [3.05, 3.63) is 60.1 Å². The van der Waals surface area contributed by atoms with Crippen molar-refractivity contribution in [3.63, 3.8) is 0 Å². The molecule has 2 aromatic rings. The van der Waals surface area contributed by atoms with Crippen molar-refractivity contribution < 1.29 is 4.42 Å². The first-order chi connectivity index (χ1) is 9.79. The fourth-order valence-corrected chi connectivity index (χ4v) is 1.83. The fraction of sp³-hybridized carbons (Fsp3) is 0.200. The number of hydrogen-bond donors (Lipinski definition) is 2. The Morgan fingerprint density at radius 1 is 1.20 bits per heavy atom. The third kappa shape index (κ3) is 4.20. The molecule has 0 amide bonds. The van der Waals surface area contributed by atoms with Crippen LogP contribution in [0.4, 0.5) is 0 Å². The molecule has 0 fully saturated rings. The van der Waals surface area contributed by atoms with Gasteiger partial charge in [0.1, 0.15) is 5.76 Å². The van der Waals surface area contributed by atoms with E-state index in [1.54, 1.807) is 6.26 Å².